The number of halogens is 2. The van der Waals surface area contributed by atoms with Crippen molar-refractivity contribution >= 4 is 17.5 Å². The standard InChI is InChI=1S/C15H20F2N2O3/c1-3-9(4-2)13(20)8-18-14(21)15(22)19-12-6-10(16)5-11(17)7-12/h5-7,9,13,20H,3-4,8H2,1-2H3,(H,18,21)(H,19,22). The molecule has 2 amide bonds. The van der Waals surface area contributed by atoms with Crippen LogP contribution in [0.25, 0.3) is 0 Å². The van der Waals surface area contributed by atoms with Gasteiger partial charge in [-0.2, -0.15) is 0 Å². The lowest BCUT2D eigenvalue weighted by Crippen LogP contribution is -2.41. The van der Waals surface area contributed by atoms with Crippen LogP contribution in [-0.2, 0) is 9.59 Å². The number of hydrogen-bond donors (Lipinski definition) is 3. The predicted octanol–water partition coefficient (Wildman–Crippen LogP) is 1.82. The number of rotatable bonds is 6. The first kappa shape index (κ1) is 18.0. The highest BCUT2D eigenvalue weighted by Crippen LogP contribution is 2.13. The highest BCUT2D eigenvalue weighted by Gasteiger charge is 2.19. The number of anilines is 1. The summed E-state index contributed by atoms with van der Waals surface area (Å²) in [7, 11) is 0. The Bertz CT molecular complexity index is 513. The van der Waals surface area contributed by atoms with Crippen molar-refractivity contribution in [3.8, 4) is 0 Å². The van der Waals surface area contributed by atoms with Gasteiger partial charge in [-0.05, 0) is 18.1 Å². The highest BCUT2D eigenvalue weighted by molar-refractivity contribution is 6.39. The van der Waals surface area contributed by atoms with Gasteiger partial charge in [0, 0.05) is 18.3 Å². The summed E-state index contributed by atoms with van der Waals surface area (Å²) < 4.78 is 26.0. The maximum absolute atomic E-state index is 13.0. The Balaban J connectivity index is 2.53. The number of aliphatic hydroxyl groups excluding tert-OH is 1. The molecular weight excluding hydrogens is 294 g/mol. The molecule has 0 heterocycles. The molecule has 0 saturated carbocycles. The lowest BCUT2D eigenvalue weighted by molar-refractivity contribution is -0.136. The van der Waals surface area contributed by atoms with E-state index in [2.05, 4.69) is 10.6 Å². The van der Waals surface area contributed by atoms with E-state index in [9.17, 15) is 23.5 Å². The summed E-state index contributed by atoms with van der Waals surface area (Å²) in [4.78, 5) is 23.2. The third-order valence-corrected chi connectivity index (χ3v) is 3.39. The average Bonchev–Trinajstić information content (AvgIpc) is 2.44. The van der Waals surface area contributed by atoms with E-state index in [1.165, 1.54) is 0 Å². The number of aliphatic hydroxyl groups is 1. The van der Waals surface area contributed by atoms with Crippen LogP contribution in [-0.4, -0.2) is 29.6 Å². The Labute approximate surface area is 127 Å². The molecule has 0 saturated heterocycles. The van der Waals surface area contributed by atoms with E-state index in [0.717, 1.165) is 25.0 Å². The molecule has 7 heteroatoms. The molecule has 5 nitrogen and oxygen atoms in total. The molecule has 1 atom stereocenters. The molecule has 0 aromatic heterocycles. The number of carbonyl (C=O) groups excluding carboxylic acids is 2. The molecule has 0 aliphatic heterocycles. The molecule has 0 aliphatic rings. The van der Waals surface area contributed by atoms with Gasteiger partial charge in [-0.15, -0.1) is 0 Å². The van der Waals surface area contributed by atoms with Crippen LogP contribution in [0.5, 0.6) is 0 Å². The number of hydrogen-bond acceptors (Lipinski definition) is 3. The van der Waals surface area contributed by atoms with Crippen LogP contribution in [0, 0.1) is 17.6 Å². The Morgan fingerprint density at radius 2 is 1.64 bits per heavy atom. The fourth-order valence-electron chi connectivity index (χ4n) is 2.09. The summed E-state index contributed by atoms with van der Waals surface area (Å²) in [5, 5.41) is 14.2. The molecule has 3 N–H and O–H groups in total. The Hall–Kier alpha value is -2.02. The van der Waals surface area contributed by atoms with E-state index in [-0.39, 0.29) is 18.2 Å². The Morgan fingerprint density at radius 1 is 1.09 bits per heavy atom. The molecule has 1 unspecified atom stereocenters. The van der Waals surface area contributed by atoms with Crippen LogP contribution in [0.2, 0.25) is 0 Å². The maximum atomic E-state index is 13.0. The van der Waals surface area contributed by atoms with Crippen LogP contribution in [0.1, 0.15) is 26.7 Å². The van der Waals surface area contributed by atoms with E-state index in [4.69, 9.17) is 0 Å². The lowest BCUT2D eigenvalue weighted by Gasteiger charge is -2.20. The topological polar surface area (TPSA) is 78.4 Å². The van der Waals surface area contributed by atoms with Gasteiger partial charge in [0.25, 0.3) is 0 Å². The van der Waals surface area contributed by atoms with Crippen LogP contribution in [0.4, 0.5) is 14.5 Å². The predicted molar refractivity (Wildman–Crippen MR) is 78.1 cm³/mol. The van der Waals surface area contributed by atoms with Gasteiger partial charge in [0.15, 0.2) is 0 Å². The van der Waals surface area contributed by atoms with Gasteiger partial charge in [-0.25, -0.2) is 8.78 Å². The van der Waals surface area contributed by atoms with Crippen molar-refractivity contribution in [1.29, 1.82) is 0 Å². The van der Waals surface area contributed by atoms with Gasteiger partial charge in [-0.1, -0.05) is 26.7 Å². The summed E-state index contributed by atoms with van der Waals surface area (Å²) in [5.74, 6) is -3.73. The molecule has 1 aromatic carbocycles. The van der Waals surface area contributed by atoms with Gasteiger partial charge in [-0.3, -0.25) is 9.59 Å². The smallest absolute Gasteiger partial charge is 0.313 e. The molecule has 0 radical (unpaired) electrons. The van der Waals surface area contributed by atoms with Crippen molar-refractivity contribution in [3.63, 3.8) is 0 Å². The van der Waals surface area contributed by atoms with Gasteiger partial charge >= 0.3 is 11.8 Å². The van der Waals surface area contributed by atoms with E-state index in [1.54, 1.807) is 0 Å². The second-order valence-electron chi connectivity index (χ2n) is 4.97. The van der Waals surface area contributed by atoms with Crippen molar-refractivity contribution in [1.82, 2.24) is 5.32 Å². The van der Waals surface area contributed by atoms with Crippen molar-refractivity contribution in [2.75, 3.05) is 11.9 Å². The first-order valence-electron chi connectivity index (χ1n) is 7.10. The monoisotopic (exact) mass is 314 g/mol. The second kappa shape index (κ2) is 8.43. The molecule has 1 rings (SSSR count). The fourth-order valence-corrected chi connectivity index (χ4v) is 2.09. The molecule has 0 bridgehead atoms. The zero-order valence-electron chi connectivity index (χ0n) is 12.5. The second-order valence-corrected chi connectivity index (χ2v) is 4.97. The van der Waals surface area contributed by atoms with Crippen molar-refractivity contribution in [3.05, 3.63) is 29.8 Å². The summed E-state index contributed by atoms with van der Waals surface area (Å²) in [6.07, 6.45) is 0.753. The molecular formula is C15H20F2N2O3. The zero-order valence-corrected chi connectivity index (χ0v) is 12.5. The number of amides is 2. The molecule has 122 valence electrons. The van der Waals surface area contributed by atoms with Crippen molar-refractivity contribution in [2.45, 2.75) is 32.8 Å². The highest BCUT2D eigenvalue weighted by atomic mass is 19.1. The summed E-state index contributed by atoms with van der Waals surface area (Å²) in [6, 6.07) is 2.45. The normalized spacial score (nSPS) is 12.1. The minimum absolute atomic E-state index is 0.0284. The van der Waals surface area contributed by atoms with Gasteiger partial charge in [0.05, 0.1) is 6.10 Å². The van der Waals surface area contributed by atoms with Gasteiger partial charge < -0.3 is 15.7 Å². The fraction of sp³-hybridized carbons (Fsp3) is 0.467. The quantitative estimate of drug-likeness (QED) is 0.701. The molecule has 22 heavy (non-hydrogen) atoms. The number of carbonyl (C=O) groups is 2. The van der Waals surface area contributed by atoms with Crippen molar-refractivity contribution < 1.29 is 23.5 Å². The first-order chi connectivity index (χ1) is 10.4. The number of nitrogens with one attached hydrogen (secondary N) is 2. The first-order valence-corrected chi connectivity index (χ1v) is 7.10. The number of benzene rings is 1. The maximum Gasteiger partial charge on any atom is 0.313 e. The van der Waals surface area contributed by atoms with Crippen LogP contribution < -0.4 is 10.6 Å². The van der Waals surface area contributed by atoms with Crippen molar-refractivity contribution in [2.24, 2.45) is 5.92 Å². The van der Waals surface area contributed by atoms with Crippen LogP contribution >= 0.6 is 0 Å². The molecule has 0 aliphatic carbocycles. The summed E-state index contributed by atoms with van der Waals surface area (Å²) >= 11 is 0. The minimum atomic E-state index is -1.05. The van der Waals surface area contributed by atoms with E-state index < -0.39 is 29.6 Å². The average molecular weight is 314 g/mol. The Kier molecular flexibility index (Phi) is 6.91. The minimum Gasteiger partial charge on any atom is -0.391 e. The molecule has 0 fully saturated rings. The summed E-state index contributed by atoms with van der Waals surface area (Å²) in [5.41, 5.74) is -0.154. The van der Waals surface area contributed by atoms with Gasteiger partial charge in [0.2, 0.25) is 0 Å². The Morgan fingerprint density at radius 3 is 2.14 bits per heavy atom. The third-order valence-electron chi connectivity index (χ3n) is 3.39. The summed E-state index contributed by atoms with van der Waals surface area (Å²) in [6.45, 7) is 3.78. The zero-order chi connectivity index (χ0) is 16.7. The molecule has 1 aromatic rings. The van der Waals surface area contributed by atoms with E-state index >= 15 is 0 Å². The third kappa shape index (κ3) is 5.40. The van der Waals surface area contributed by atoms with Crippen LogP contribution in [0.3, 0.4) is 0 Å². The lowest BCUT2D eigenvalue weighted by atomic mass is 9.96. The molecule has 0 spiro atoms. The van der Waals surface area contributed by atoms with E-state index in [1.807, 2.05) is 13.8 Å². The largest absolute Gasteiger partial charge is 0.391 e. The van der Waals surface area contributed by atoms with Gasteiger partial charge in [0.1, 0.15) is 11.6 Å². The van der Waals surface area contributed by atoms with Crippen LogP contribution in [0.15, 0.2) is 18.2 Å². The SMILES string of the molecule is CCC(CC)C(O)CNC(=O)C(=O)Nc1cc(F)cc(F)c1. The van der Waals surface area contributed by atoms with E-state index in [0.29, 0.717) is 6.07 Å².